The summed E-state index contributed by atoms with van der Waals surface area (Å²) in [6.07, 6.45) is 1.54. The molecule has 0 amide bonds. The molecule has 7 heteroatoms. The van der Waals surface area contributed by atoms with Gasteiger partial charge in [0.25, 0.3) is 0 Å². The van der Waals surface area contributed by atoms with Crippen LogP contribution in [0.1, 0.15) is 11.1 Å². The number of nitriles is 1. The summed E-state index contributed by atoms with van der Waals surface area (Å²) in [5.74, 6) is 1.68. The number of hydrogen-bond acceptors (Lipinski definition) is 7. The Hall–Kier alpha value is -3.66. The Morgan fingerprint density at radius 1 is 1.12 bits per heavy atom. The average Bonchev–Trinajstić information content (AvgIpc) is 2.67. The number of anilines is 3. The van der Waals surface area contributed by atoms with Crippen molar-refractivity contribution in [1.82, 2.24) is 15.2 Å². The summed E-state index contributed by atoms with van der Waals surface area (Å²) in [7, 11) is 1.64. The second-order valence-electron chi connectivity index (χ2n) is 5.11. The van der Waals surface area contributed by atoms with Crippen molar-refractivity contribution in [2.24, 2.45) is 0 Å². The number of aromatic nitrogens is 3. The van der Waals surface area contributed by atoms with Gasteiger partial charge in [0.1, 0.15) is 11.8 Å². The molecule has 25 heavy (non-hydrogen) atoms. The minimum Gasteiger partial charge on any atom is -0.496 e. The molecule has 3 rings (SSSR count). The summed E-state index contributed by atoms with van der Waals surface area (Å²) in [4.78, 5) is 4.37. The molecule has 0 saturated carbocycles. The largest absolute Gasteiger partial charge is 0.496 e. The molecule has 0 aliphatic rings. The van der Waals surface area contributed by atoms with E-state index in [0.29, 0.717) is 29.6 Å². The summed E-state index contributed by atoms with van der Waals surface area (Å²) < 4.78 is 5.33. The topological polar surface area (TPSA) is 95.8 Å². The molecule has 2 aromatic carbocycles. The predicted octanol–water partition coefficient (Wildman–Crippen LogP) is 3.11. The molecule has 3 aromatic rings. The van der Waals surface area contributed by atoms with E-state index in [-0.39, 0.29) is 0 Å². The maximum absolute atomic E-state index is 9.14. The third-order valence-corrected chi connectivity index (χ3v) is 3.51. The van der Waals surface area contributed by atoms with Crippen LogP contribution < -0.4 is 15.4 Å². The maximum atomic E-state index is 9.14. The van der Waals surface area contributed by atoms with Crippen molar-refractivity contribution in [3.05, 3.63) is 65.9 Å². The lowest BCUT2D eigenvalue weighted by atomic mass is 10.2. The van der Waals surface area contributed by atoms with E-state index in [1.54, 1.807) is 25.3 Å². The Balaban J connectivity index is 1.72. The standard InChI is InChI=1S/C18H16N6O/c1-25-16-9-5-3-7-14(16)11-20-17-12-21-24-18(23-17)22-15-8-4-2-6-13(15)10-19/h2-9,12H,11H2,1H3,(H2,20,22,23,24). The molecule has 7 nitrogen and oxygen atoms in total. The SMILES string of the molecule is COc1ccccc1CNc1cnnc(Nc2ccccc2C#N)n1. The number of benzene rings is 2. The predicted molar refractivity (Wildman–Crippen MR) is 94.6 cm³/mol. The van der Waals surface area contributed by atoms with Crippen LogP contribution in [0, 0.1) is 11.3 Å². The lowest BCUT2D eigenvalue weighted by molar-refractivity contribution is 0.410. The normalized spacial score (nSPS) is 9.92. The molecule has 1 heterocycles. The molecule has 0 bridgehead atoms. The van der Waals surface area contributed by atoms with E-state index < -0.39 is 0 Å². The first-order valence-corrected chi connectivity index (χ1v) is 7.62. The van der Waals surface area contributed by atoms with E-state index in [1.165, 1.54) is 6.20 Å². The molecule has 0 radical (unpaired) electrons. The van der Waals surface area contributed by atoms with Gasteiger partial charge in [-0.1, -0.05) is 30.3 Å². The number of rotatable bonds is 6. The van der Waals surface area contributed by atoms with Gasteiger partial charge in [-0.05, 0) is 18.2 Å². The molecule has 0 fully saturated rings. The van der Waals surface area contributed by atoms with Crippen molar-refractivity contribution in [2.75, 3.05) is 17.7 Å². The molecule has 0 atom stereocenters. The van der Waals surface area contributed by atoms with E-state index in [2.05, 4.69) is 31.9 Å². The Morgan fingerprint density at radius 2 is 1.92 bits per heavy atom. The lowest BCUT2D eigenvalue weighted by Crippen LogP contribution is -2.06. The number of ether oxygens (including phenoxy) is 1. The fourth-order valence-electron chi connectivity index (χ4n) is 2.29. The summed E-state index contributed by atoms with van der Waals surface area (Å²) in [6.45, 7) is 0.539. The zero-order valence-corrected chi connectivity index (χ0v) is 13.6. The van der Waals surface area contributed by atoms with E-state index in [4.69, 9.17) is 10.00 Å². The van der Waals surface area contributed by atoms with Gasteiger partial charge in [-0.25, -0.2) is 0 Å². The first-order chi connectivity index (χ1) is 12.3. The lowest BCUT2D eigenvalue weighted by Gasteiger charge is -2.10. The van der Waals surface area contributed by atoms with Crippen LogP contribution in [0.15, 0.2) is 54.7 Å². The smallest absolute Gasteiger partial charge is 0.249 e. The fraction of sp³-hybridized carbons (Fsp3) is 0.111. The van der Waals surface area contributed by atoms with Gasteiger partial charge >= 0.3 is 0 Å². The summed E-state index contributed by atoms with van der Waals surface area (Å²) in [5, 5.41) is 23.2. The minimum atomic E-state index is 0.313. The first kappa shape index (κ1) is 16.2. The highest BCUT2D eigenvalue weighted by Crippen LogP contribution is 2.20. The van der Waals surface area contributed by atoms with Gasteiger partial charge < -0.3 is 15.4 Å². The number of nitrogens with zero attached hydrogens (tertiary/aromatic N) is 4. The second kappa shape index (κ2) is 7.75. The van der Waals surface area contributed by atoms with Crippen LogP contribution in [0.5, 0.6) is 5.75 Å². The zero-order chi connectivity index (χ0) is 17.5. The molecular formula is C18H16N6O. The van der Waals surface area contributed by atoms with Gasteiger partial charge in [0.2, 0.25) is 5.95 Å². The Kier molecular flexibility index (Phi) is 5.02. The molecule has 0 aliphatic heterocycles. The van der Waals surface area contributed by atoms with E-state index >= 15 is 0 Å². The second-order valence-corrected chi connectivity index (χ2v) is 5.11. The third-order valence-electron chi connectivity index (χ3n) is 3.51. The van der Waals surface area contributed by atoms with Gasteiger partial charge in [-0.3, -0.25) is 0 Å². The first-order valence-electron chi connectivity index (χ1n) is 7.62. The average molecular weight is 332 g/mol. The van der Waals surface area contributed by atoms with Crippen LogP contribution in [0.3, 0.4) is 0 Å². The Labute approximate surface area is 145 Å². The zero-order valence-electron chi connectivity index (χ0n) is 13.6. The quantitative estimate of drug-likeness (QED) is 0.716. The summed E-state index contributed by atoms with van der Waals surface area (Å²) >= 11 is 0. The molecule has 0 saturated heterocycles. The highest BCUT2D eigenvalue weighted by molar-refractivity contribution is 5.63. The minimum absolute atomic E-state index is 0.313. The van der Waals surface area contributed by atoms with Gasteiger partial charge in [0.15, 0.2) is 5.82 Å². The maximum Gasteiger partial charge on any atom is 0.249 e. The molecule has 2 N–H and O–H groups in total. The molecule has 0 unspecified atom stereocenters. The Morgan fingerprint density at radius 3 is 2.76 bits per heavy atom. The van der Waals surface area contributed by atoms with Gasteiger partial charge in [-0.15, -0.1) is 5.10 Å². The highest BCUT2D eigenvalue weighted by atomic mass is 16.5. The summed E-state index contributed by atoms with van der Waals surface area (Å²) in [6, 6.07) is 17.0. The van der Waals surface area contributed by atoms with Crippen molar-refractivity contribution < 1.29 is 4.74 Å². The van der Waals surface area contributed by atoms with Crippen LogP contribution in [-0.2, 0) is 6.54 Å². The van der Waals surface area contributed by atoms with Crippen LogP contribution in [0.4, 0.5) is 17.5 Å². The van der Waals surface area contributed by atoms with Crippen molar-refractivity contribution in [1.29, 1.82) is 5.26 Å². The molecule has 0 aliphatic carbocycles. The van der Waals surface area contributed by atoms with E-state index in [1.807, 2.05) is 30.3 Å². The summed E-state index contributed by atoms with van der Waals surface area (Å²) in [5.41, 5.74) is 2.15. The molecule has 1 aromatic heterocycles. The highest BCUT2D eigenvalue weighted by Gasteiger charge is 2.06. The van der Waals surface area contributed by atoms with Crippen molar-refractivity contribution >= 4 is 17.5 Å². The van der Waals surface area contributed by atoms with Crippen molar-refractivity contribution in [3.63, 3.8) is 0 Å². The van der Waals surface area contributed by atoms with E-state index in [0.717, 1.165) is 11.3 Å². The monoisotopic (exact) mass is 332 g/mol. The van der Waals surface area contributed by atoms with Crippen molar-refractivity contribution in [3.8, 4) is 11.8 Å². The van der Waals surface area contributed by atoms with Gasteiger partial charge in [0, 0.05) is 12.1 Å². The van der Waals surface area contributed by atoms with Crippen molar-refractivity contribution in [2.45, 2.75) is 6.54 Å². The van der Waals surface area contributed by atoms with Crippen LogP contribution in [0.25, 0.3) is 0 Å². The van der Waals surface area contributed by atoms with Crippen LogP contribution >= 0.6 is 0 Å². The van der Waals surface area contributed by atoms with Gasteiger partial charge in [-0.2, -0.15) is 15.3 Å². The van der Waals surface area contributed by atoms with Gasteiger partial charge in [0.05, 0.1) is 24.6 Å². The molecule has 0 spiro atoms. The molecular weight excluding hydrogens is 316 g/mol. The van der Waals surface area contributed by atoms with E-state index in [9.17, 15) is 0 Å². The van der Waals surface area contributed by atoms with Crippen LogP contribution in [-0.4, -0.2) is 22.3 Å². The van der Waals surface area contributed by atoms with Crippen LogP contribution in [0.2, 0.25) is 0 Å². The number of methoxy groups -OCH3 is 1. The third kappa shape index (κ3) is 4.00. The Bertz CT molecular complexity index is 906. The molecule has 124 valence electrons. The number of para-hydroxylation sites is 2. The number of nitrogens with one attached hydrogen (secondary N) is 2. The fourth-order valence-corrected chi connectivity index (χ4v) is 2.29. The number of hydrogen-bond donors (Lipinski definition) is 2.